The minimum atomic E-state index is 0.548. The summed E-state index contributed by atoms with van der Waals surface area (Å²) in [6.07, 6.45) is 2.65. The Kier molecular flexibility index (Phi) is 3.81. The lowest BCUT2D eigenvalue weighted by atomic mass is 10.1. The average Bonchev–Trinajstić information content (AvgIpc) is 3.19. The predicted molar refractivity (Wildman–Crippen MR) is 82.4 cm³/mol. The summed E-state index contributed by atoms with van der Waals surface area (Å²) in [5.74, 6) is 1.74. The van der Waals surface area contributed by atoms with E-state index in [1.54, 1.807) is 0 Å². The first-order valence-corrected chi connectivity index (χ1v) is 7.62. The third-order valence-corrected chi connectivity index (χ3v) is 4.00. The molecule has 0 spiro atoms. The fourth-order valence-corrected chi connectivity index (χ4v) is 2.94. The van der Waals surface area contributed by atoms with Gasteiger partial charge in [-0.25, -0.2) is 0 Å². The van der Waals surface area contributed by atoms with Crippen LogP contribution in [-0.2, 0) is 13.1 Å². The predicted octanol–water partition coefficient (Wildman–Crippen LogP) is 3.51. The lowest BCUT2D eigenvalue weighted by Crippen LogP contribution is -2.29. The van der Waals surface area contributed by atoms with Gasteiger partial charge in [-0.1, -0.05) is 32.0 Å². The van der Waals surface area contributed by atoms with Gasteiger partial charge in [-0.3, -0.25) is 4.90 Å². The van der Waals surface area contributed by atoms with Crippen LogP contribution in [-0.4, -0.2) is 17.5 Å². The van der Waals surface area contributed by atoms with Gasteiger partial charge in [-0.2, -0.15) is 0 Å². The molecule has 3 heteroatoms. The van der Waals surface area contributed by atoms with Crippen LogP contribution >= 0.6 is 0 Å². The van der Waals surface area contributed by atoms with Crippen molar-refractivity contribution >= 4 is 11.0 Å². The van der Waals surface area contributed by atoms with Gasteiger partial charge in [0, 0.05) is 30.1 Å². The molecule has 1 aliphatic carbocycles. The van der Waals surface area contributed by atoms with E-state index >= 15 is 0 Å². The molecule has 2 aromatic rings. The summed E-state index contributed by atoms with van der Waals surface area (Å²) in [5.41, 5.74) is 8.09. The highest BCUT2D eigenvalue weighted by molar-refractivity contribution is 5.82. The number of fused-ring (bicyclic) bond motifs is 1. The second-order valence-electron chi connectivity index (χ2n) is 6.26. The zero-order valence-electron chi connectivity index (χ0n) is 12.4. The summed E-state index contributed by atoms with van der Waals surface area (Å²) < 4.78 is 6.06. The Morgan fingerprint density at radius 1 is 1.30 bits per heavy atom. The summed E-state index contributed by atoms with van der Waals surface area (Å²) in [4.78, 5) is 2.56. The van der Waals surface area contributed by atoms with Crippen molar-refractivity contribution in [1.29, 1.82) is 0 Å². The molecule has 3 rings (SSSR count). The summed E-state index contributed by atoms with van der Waals surface area (Å²) in [7, 11) is 0. The number of benzene rings is 1. The molecule has 0 bridgehead atoms. The molecule has 0 unspecified atom stereocenters. The minimum Gasteiger partial charge on any atom is -0.459 e. The second-order valence-corrected chi connectivity index (χ2v) is 6.26. The van der Waals surface area contributed by atoms with E-state index in [2.05, 4.69) is 24.8 Å². The van der Waals surface area contributed by atoms with Crippen LogP contribution < -0.4 is 5.73 Å². The lowest BCUT2D eigenvalue weighted by Gasteiger charge is -2.23. The zero-order chi connectivity index (χ0) is 14.1. The van der Waals surface area contributed by atoms with Crippen LogP contribution in [0.1, 0.15) is 38.0 Å². The molecule has 2 N–H and O–H groups in total. The van der Waals surface area contributed by atoms with Gasteiger partial charge < -0.3 is 10.2 Å². The Balaban J connectivity index is 1.88. The zero-order valence-corrected chi connectivity index (χ0v) is 12.4. The van der Waals surface area contributed by atoms with E-state index in [9.17, 15) is 0 Å². The van der Waals surface area contributed by atoms with E-state index in [1.165, 1.54) is 23.8 Å². The summed E-state index contributed by atoms with van der Waals surface area (Å²) in [6, 6.07) is 8.95. The maximum Gasteiger partial charge on any atom is 0.134 e. The van der Waals surface area contributed by atoms with Crippen molar-refractivity contribution in [3.63, 3.8) is 0 Å². The van der Waals surface area contributed by atoms with Crippen LogP contribution in [0, 0.1) is 5.92 Å². The van der Waals surface area contributed by atoms with Crippen LogP contribution in [0.3, 0.4) is 0 Å². The fraction of sp³-hybridized carbons (Fsp3) is 0.529. The first kappa shape index (κ1) is 13.7. The molecule has 3 nitrogen and oxygen atoms in total. The maximum atomic E-state index is 6.06. The van der Waals surface area contributed by atoms with Crippen molar-refractivity contribution in [3.8, 4) is 0 Å². The SMILES string of the molecule is CC(C)CN(Cc1oc2ccccc2c1CN)C1CC1. The van der Waals surface area contributed by atoms with E-state index in [0.717, 1.165) is 30.5 Å². The molecule has 20 heavy (non-hydrogen) atoms. The Bertz CT molecular complexity index is 584. The molecule has 0 radical (unpaired) electrons. The number of hydrogen-bond acceptors (Lipinski definition) is 3. The first-order chi connectivity index (χ1) is 9.69. The largest absolute Gasteiger partial charge is 0.459 e. The van der Waals surface area contributed by atoms with Crippen molar-refractivity contribution in [2.24, 2.45) is 11.7 Å². The molecular weight excluding hydrogens is 248 g/mol. The highest BCUT2D eigenvalue weighted by Crippen LogP contribution is 2.32. The van der Waals surface area contributed by atoms with Crippen LogP contribution in [0.4, 0.5) is 0 Å². The van der Waals surface area contributed by atoms with Gasteiger partial charge >= 0.3 is 0 Å². The Hall–Kier alpha value is -1.32. The molecule has 1 heterocycles. The molecule has 0 amide bonds. The Labute approximate surface area is 120 Å². The summed E-state index contributed by atoms with van der Waals surface area (Å²) >= 11 is 0. The van der Waals surface area contributed by atoms with Crippen LogP contribution in [0.15, 0.2) is 28.7 Å². The monoisotopic (exact) mass is 272 g/mol. The quantitative estimate of drug-likeness (QED) is 0.875. The molecule has 1 saturated carbocycles. The molecule has 1 aromatic carbocycles. The van der Waals surface area contributed by atoms with Crippen LogP contribution in [0.25, 0.3) is 11.0 Å². The van der Waals surface area contributed by atoms with Crippen molar-refractivity contribution in [2.75, 3.05) is 6.54 Å². The number of hydrogen-bond donors (Lipinski definition) is 1. The molecule has 0 atom stereocenters. The fourth-order valence-electron chi connectivity index (χ4n) is 2.94. The van der Waals surface area contributed by atoms with Crippen LogP contribution in [0.2, 0.25) is 0 Å². The van der Waals surface area contributed by atoms with Crippen molar-refractivity contribution in [2.45, 2.75) is 45.8 Å². The van der Waals surface area contributed by atoms with E-state index < -0.39 is 0 Å². The van der Waals surface area contributed by atoms with Crippen LogP contribution in [0.5, 0.6) is 0 Å². The van der Waals surface area contributed by atoms with E-state index in [4.69, 9.17) is 10.2 Å². The van der Waals surface area contributed by atoms with Gasteiger partial charge in [0.15, 0.2) is 0 Å². The molecule has 0 saturated heterocycles. The molecular formula is C17H24N2O. The summed E-state index contributed by atoms with van der Waals surface area (Å²) in [5, 5.41) is 1.17. The molecule has 1 aliphatic rings. The first-order valence-electron chi connectivity index (χ1n) is 7.62. The number of rotatable bonds is 6. The minimum absolute atomic E-state index is 0.548. The lowest BCUT2D eigenvalue weighted by molar-refractivity contribution is 0.210. The molecule has 0 aliphatic heterocycles. The van der Waals surface area contributed by atoms with Gasteiger partial charge in [0.2, 0.25) is 0 Å². The molecule has 1 aromatic heterocycles. The van der Waals surface area contributed by atoms with Crippen molar-refractivity contribution in [3.05, 3.63) is 35.6 Å². The van der Waals surface area contributed by atoms with E-state index in [-0.39, 0.29) is 0 Å². The normalized spacial score (nSPS) is 15.7. The molecule has 108 valence electrons. The number of para-hydroxylation sites is 1. The smallest absolute Gasteiger partial charge is 0.134 e. The maximum absolute atomic E-state index is 6.06. The highest BCUT2D eigenvalue weighted by atomic mass is 16.3. The standard InChI is InChI=1S/C17H24N2O/c1-12(2)10-19(13-7-8-13)11-17-15(9-18)14-5-3-4-6-16(14)20-17/h3-6,12-13H,7-11,18H2,1-2H3. The third kappa shape index (κ3) is 2.74. The van der Waals surface area contributed by atoms with Gasteiger partial charge in [-0.15, -0.1) is 0 Å². The van der Waals surface area contributed by atoms with Crippen molar-refractivity contribution < 1.29 is 4.42 Å². The third-order valence-electron chi connectivity index (χ3n) is 4.00. The summed E-state index contributed by atoms with van der Waals surface area (Å²) in [6.45, 7) is 7.12. The van der Waals surface area contributed by atoms with Gasteiger partial charge in [0.1, 0.15) is 11.3 Å². The number of nitrogens with zero attached hydrogens (tertiary/aromatic N) is 1. The Morgan fingerprint density at radius 2 is 2.05 bits per heavy atom. The highest BCUT2D eigenvalue weighted by Gasteiger charge is 2.30. The topological polar surface area (TPSA) is 42.4 Å². The van der Waals surface area contributed by atoms with Gasteiger partial charge in [0.05, 0.1) is 6.54 Å². The van der Waals surface area contributed by atoms with Crippen molar-refractivity contribution in [1.82, 2.24) is 4.90 Å². The number of furan rings is 1. The van der Waals surface area contributed by atoms with E-state index in [0.29, 0.717) is 12.5 Å². The second kappa shape index (κ2) is 5.58. The molecule has 1 fully saturated rings. The van der Waals surface area contributed by atoms with Gasteiger partial charge in [-0.05, 0) is 24.8 Å². The van der Waals surface area contributed by atoms with Gasteiger partial charge in [0.25, 0.3) is 0 Å². The van der Waals surface area contributed by atoms with E-state index in [1.807, 2.05) is 18.2 Å². The average molecular weight is 272 g/mol. The Morgan fingerprint density at radius 3 is 2.70 bits per heavy atom. The number of nitrogens with two attached hydrogens (primary N) is 1.